The van der Waals surface area contributed by atoms with Crippen LogP contribution in [-0.2, 0) is 0 Å². The van der Waals surface area contributed by atoms with E-state index < -0.39 is 0 Å². The van der Waals surface area contributed by atoms with Crippen molar-refractivity contribution in [1.82, 2.24) is 0 Å². The average Bonchev–Trinajstić information content (AvgIpc) is 2.08. The van der Waals surface area contributed by atoms with Crippen molar-refractivity contribution in [1.29, 1.82) is 0 Å². The summed E-state index contributed by atoms with van der Waals surface area (Å²) in [6.07, 6.45) is 5.86. The number of aliphatic imine (C=N–C) groups is 1. The molecule has 1 radical (unpaired) electrons. The first-order valence-electron chi connectivity index (χ1n) is 3.19. The minimum Gasteiger partial charge on any atom is -0.279 e. The SMILES string of the molecule is CC(C)(C)[C]1C=CC=N1. The van der Waals surface area contributed by atoms with E-state index in [2.05, 4.69) is 31.8 Å². The van der Waals surface area contributed by atoms with Crippen LogP contribution in [0.15, 0.2) is 17.1 Å². The number of rotatable bonds is 0. The zero-order valence-electron chi connectivity index (χ0n) is 6.18. The highest BCUT2D eigenvalue weighted by atomic mass is 14.8. The van der Waals surface area contributed by atoms with Gasteiger partial charge in [-0.05, 0) is 11.5 Å². The molecule has 1 aliphatic rings. The fourth-order valence-corrected chi connectivity index (χ4v) is 0.744. The number of hydrogen-bond donors (Lipinski definition) is 0. The number of allylic oxidation sites excluding steroid dienone is 1. The van der Waals surface area contributed by atoms with Crippen LogP contribution in [0.25, 0.3) is 0 Å². The second kappa shape index (κ2) is 1.98. The molecule has 1 aliphatic heterocycles. The van der Waals surface area contributed by atoms with E-state index in [9.17, 15) is 0 Å². The lowest BCUT2D eigenvalue weighted by molar-refractivity contribution is 0.452. The molecule has 0 spiro atoms. The standard InChI is InChI=1S/C8H12N/c1-8(2,3)7-5-4-6-9-7/h4-6H,1-3H3. The van der Waals surface area contributed by atoms with E-state index in [0.29, 0.717) is 0 Å². The fraction of sp³-hybridized carbons (Fsp3) is 0.500. The van der Waals surface area contributed by atoms with Gasteiger partial charge in [-0.3, -0.25) is 4.99 Å². The molecule has 0 aromatic rings. The third-order valence-corrected chi connectivity index (χ3v) is 1.32. The van der Waals surface area contributed by atoms with Gasteiger partial charge in [0.25, 0.3) is 0 Å². The molecule has 1 heterocycles. The quantitative estimate of drug-likeness (QED) is 0.467. The Kier molecular flexibility index (Phi) is 1.43. The molecule has 0 atom stereocenters. The van der Waals surface area contributed by atoms with E-state index in [1.54, 1.807) is 0 Å². The van der Waals surface area contributed by atoms with Crippen molar-refractivity contribution in [2.75, 3.05) is 0 Å². The van der Waals surface area contributed by atoms with Crippen molar-refractivity contribution in [2.45, 2.75) is 20.8 Å². The predicted octanol–water partition coefficient (Wildman–Crippen LogP) is 2.21. The van der Waals surface area contributed by atoms with Crippen molar-refractivity contribution >= 4 is 6.21 Å². The van der Waals surface area contributed by atoms with Gasteiger partial charge in [-0.15, -0.1) is 0 Å². The van der Waals surface area contributed by atoms with Crippen molar-refractivity contribution in [2.24, 2.45) is 10.4 Å². The van der Waals surface area contributed by atoms with Gasteiger partial charge in [0.2, 0.25) is 0 Å². The van der Waals surface area contributed by atoms with E-state index in [1.165, 1.54) is 6.04 Å². The maximum Gasteiger partial charge on any atom is 0.113 e. The van der Waals surface area contributed by atoms with Crippen LogP contribution in [0.4, 0.5) is 0 Å². The lowest BCUT2D eigenvalue weighted by Gasteiger charge is -2.20. The first kappa shape index (κ1) is 6.53. The van der Waals surface area contributed by atoms with Crippen LogP contribution in [0.1, 0.15) is 20.8 Å². The van der Waals surface area contributed by atoms with Crippen LogP contribution in [0.2, 0.25) is 0 Å². The first-order chi connectivity index (χ1) is 4.11. The number of hydrogen-bond acceptors (Lipinski definition) is 1. The minimum absolute atomic E-state index is 0.212. The molecule has 0 saturated heterocycles. The third kappa shape index (κ3) is 1.41. The summed E-state index contributed by atoms with van der Waals surface area (Å²) in [6, 6.07) is 1.17. The van der Waals surface area contributed by atoms with E-state index in [4.69, 9.17) is 0 Å². The second-order valence-corrected chi connectivity index (χ2v) is 3.27. The molecular weight excluding hydrogens is 110 g/mol. The monoisotopic (exact) mass is 122 g/mol. The minimum atomic E-state index is 0.212. The molecule has 1 rings (SSSR count). The molecule has 0 N–H and O–H groups in total. The van der Waals surface area contributed by atoms with Gasteiger partial charge in [0.1, 0.15) is 6.04 Å². The second-order valence-electron chi connectivity index (χ2n) is 3.27. The Hall–Kier alpha value is -0.590. The normalized spacial score (nSPS) is 19.4. The van der Waals surface area contributed by atoms with E-state index in [0.717, 1.165) is 0 Å². The van der Waals surface area contributed by atoms with Crippen molar-refractivity contribution in [3.8, 4) is 0 Å². The number of nitrogens with zero attached hydrogens (tertiary/aromatic N) is 1. The molecule has 49 valence electrons. The van der Waals surface area contributed by atoms with Gasteiger partial charge in [-0.25, -0.2) is 0 Å². The summed E-state index contributed by atoms with van der Waals surface area (Å²) in [5.41, 5.74) is 0.212. The van der Waals surface area contributed by atoms with Gasteiger partial charge < -0.3 is 0 Å². The maximum atomic E-state index is 4.19. The van der Waals surface area contributed by atoms with Crippen LogP contribution in [-0.4, -0.2) is 6.21 Å². The van der Waals surface area contributed by atoms with Gasteiger partial charge in [-0.2, -0.15) is 0 Å². The Morgan fingerprint density at radius 1 is 1.33 bits per heavy atom. The Morgan fingerprint density at radius 3 is 2.22 bits per heavy atom. The Labute approximate surface area is 56.5 Å². The molecule has 0 aromatic heterocycles. The van der Waals surface area contributed by atoms with Crippen LogP contribution in [0, 0.1) is 11.5 Å². The summed E-state index contributed by atoms with van der Waals surface area (Å²) in [5.74, 6) is 0. The molecule has 0 aromatic carbocycles. The predicted molar refractivity (Wildman–Crippen MR) is 40.3 cm³/mol. The summed E-state index contributed by atoms with van der Waals surface area (Å²) >= 11 is 0. The Morgan fingerprint density at radius 2 is 2.00 bits per heavy atom. The van der Waals surface area contributed by atoms with Crippen molar-refractivity contribution in [3.05, 3.63) is 18.2 Å². The summed E-state index contributed by atoms with van der Waals surface area (Å²) in [5, 5.41) is 0. The van der Waals surface area contributed by atoms with Gasteiger partial charge in [-0.1, -0.05) is 26.8 Å². The summed E-state index contributed by atoms with van der Waals surface area (Å²) in [7, 11) is 0. The molecule has 1 nitrogen and oxygen atoms in total. The van der Waals surface area contributed by atoms with Gasteiger partial charge in [0.15, 0.2) is 0 Å². The van der Waals surface area contributed by atoms with Crippen LogP contribution >= 0.6 is 0 Å². The van der Waals surface area contributed by atoms with Gasteiger partial charge in [0, 0.05) is 6.21 Å². The molecule has 0 unspecified atom stereocenters. The molecule has 0 fully saturated rings. The first-order valence-corrected chi connectivity index (χ1v) is 3.19. The van der Waals surface area contributed by atoms with Crippen LogP contribution < -0.4 is 0 Å². The van der Waals surface area contributed by atoms with Gasteiger partial charge in [0.05, 0.1) is 0 Å². The van der Waals surface area contributed by atoms with E-state index in [1.807, 2.05) is 12.3 Å². The molecule has 0 aliphatic carbocycles. The zero-order chi connectivity index (χ0) is 6.91. The highest BCUT2D eigenvalue weighted by Crippen LogP contribution is 2.31. The maximum absolute atomic E-state index is 4.19. The molecular formula is C8H12N. The zero-order valence-corrected chi connectivity index (χ0v) is 6.18. The molecule has 9 heavy (non-hydrogen) atoms. The Balaban J connectivity index is 2.64. The molecule has 1 heteroatoms. The van der Waals surface area contributed by atoms with Gasteiger partial charge >= 0.3 is 0 Å². The average molecular weight is 122 g/mol. The topological polar surface area (TPSA) is 12.4 Å². The van der Waals surface area contributed by atoms with Crippen molar-refractivity contribution in [3.63, 3.8) is 0 Å². The lowest BCUT2D eigenvalue weighted by atomic mass is 9.88. The largest absolute Gasteiger partial charge is 0.279 e. The molecule has 0 bridgehead atoms. The van der Waals surface area contributed by atoms with Crippen molar-refractivity contribution < 1.29 is 0 Å². The Bertz CT molecular complexity index is 136. The highest BCUT2D eigenvalue weighted by molar-refractivity contribution is 5.76. The molecule has 0 amide bonds. The van der Waals surface area contributed by atoms with E-state index >= 15 is 0 Å². The van der Waals surface area contributed by atoms with E-state index in [-0.39, 0.29) is 5.41 Å². The lowest BCUT2D eigenvalue weighted by Crippen LogP contribution is -2.12. The smallest absolute Gasteiger partial charge is 0.113 e. The van der Waals surface area contributed by atoms with Crippen LogP contribution in [0.3, 0.4) is 0 Å². The summed E-state index contributed by atoms with van der Waals surface area (Å²) in [4.78, 5) is 4.19. The summed E-state index contributed by atoms with van der Waals surface area (Å²) < 4.78 is 0. The summed E-state index contributed by atoms with van der Waals surface area (Å²) in [6.45, 7) is 6.49. The molecule has 0 saturated carbocycles. The third-order valence-electron chi connectivity index (χ3n) is 1.32. The highest BCUT2D eigenvalue weighted by Gasteiger charge is 2.23. The van der Waals surface area contributed by atoms with Crippen LogP contribution in [0.5, 0.6) is 0 Å². The fourth-order valence-electron chi connectivity index (χ4n) is 0.744.